The Labute approximate surface area is 196 Å². The SMILES string of the molecule is CO[C@@H](C)/C(Nc1cccnc1)=C(/C=N)Nc1ccc(CN(C)C(=O)C2CCCCC2)cc1. The smallest absolute Gasteiger partial charge is 0.225 e. The highest BCUT2D eigenvalue weighted by molar-refractivity contribution is 5.83. The average Bonchev–Trinajstić information content (AvgIpc) is 2.87. The molecule has 1 saturated carbocycles. The molecular weight excluding hydrogens is 414 g/mol. The van der Waals surface area contributed by atoms with Gasteiger partial charge in [-0.05, 0) is 49.6 Å². The quantitative estimate of drug-likeness (QED) is 0.442. The first-order valence-corrected chi connectivity index (χ1v) is 11.6. The summed E-state index contributed by atoms with van der Waals surface area (Å²) in [7, 11) is 3.53. The zero-order valence-corrected chi connectivity index (χ0v) is 19.8. The van der Waals surface area contributed by atoms with Gasteiger partial charge in [-0.1, -0.05) is 31.4 Å². The van der Waals surface area contributed by atoms with Crippen LogP contribution in [0.2, 0.25) is 0 Å². The number of anilines is 2. The first kappa shape index (κ1) is 24.5. The Morgan fingerprint density at radius 1 is 1.18 bits per heavy atom. The number of hydrogen-bond donors (Lipinski definition) is 3. The maximum absolute atomic E-state index is 12.7. The Morgan fingerprint density at radius 3 is 2.52 bits per heavy atom. The Hall–Kier alpha value is -3.19. The van der Waals surface area contributed by atoms with Crippen molar-refractivity contribution in [1.82, 2.24) is 9.88 Å². The topological polar surface area (TPSA) is 90.3 Å². The second-order valence-corrected chi connectivity index (χ2v) is 8.57. The van der Waals surface area contributed by atoms with Crippen molar-refractivity contribution in [3.63, 3.8) is 0 Å². The van der Waals surface area contributed by atoms with E-state index in [1.54, 1.807) is 19.5 Å². The van der Waals surface area contributed by atoms with Crippen LogP contribution in [0.15, 0.2) is 60.2 Å². The Kier molecular flexibility index (Phi) is 9.01. The minimum absolute atomic E-state index is 0.179. The fourth-order valence-electron chi connectivity index (χ4n) is 4.14. The van der Waals surface area contributed by atoms with Gasteiger partial charge in [0.2, 0.25) is 5.91 Å². The molecule has 33 heavy (non-hydrogen) atoms. The highest BCUT2D eigenvalue weighted by Gasteiger charge is 2.24. The van der Waals surface area contributed by atoms with Crippen molar-refractivity contribution >= 4 is 23.5 Å². The van der Waals surface area contributed by atoms with Crippen LogP contribution in [0.3, 0.4) is 0 Å². The van der Waals surface area contributed by atoms with Crippen LogP contribution in [0.4, 0.5) is 11.4 Å². The summed E-state index contributed by atoms with van der Waals surface area (Å²) in [5.74, 6) is 0.434. The molecule has 1 aromatic carbocycles. The number of ether oxygens (including phenoxy) is 1. The van der Waals surface area contributed by atoms with E-state index in [0.717, 1.165) is 48.3 Å². The summed E-state index contributed by atoms with van der Waals surface area (Å²) in [6, 6.07) is 11.7. The molecule has 1 atom stereocenters. The first-order chi connectivity index (χ1) is 16.0. The molecule has 3 rings (SSSR count). The number of nitrogens with zero attached hydrogens (tertiary/aromatic N) is 2. The highest BCUT2D eigenvalue weighted by Crippen LogP contribution is 2.26. The van der Waals surface area contributed by atoms with E-state index >= 15 is 0 Å². The summed E-state index contributed by atoms with van der Waals surface area (Å²) in [5, 5.41) is 14.6. The third-order valence-corrected chi connectivity index (χ3v) is 6.12. The number of carbonyl (C=O) groups excluding carboxylic acids is 1. The molecule has 0 aliphatic heterocycles. The lowest BCUT2D eigenvalue weighted by Crippen LogP contribution is -2.33. The standard InChI is InChI=1S/C26H35N5O2/c1-19(33-3)25(30-23-10-7-15-28-17-23)24(16-27)29-22-13-11-20(12-14-22)18-31(2)26(32)21-8-5-4-6-9-21/h7,10-17,19,21,27,29-30H,4-6,8-9,18H2,1-3H3/b25-24+,27-16?/t19-/m0/s1. The van der Waals surface area contributed by atoms with E-state index in [1.165, 1.54) is 12.6 Å². The summed E-state index contributed by atoms with van der Waals surface area (Å²) < 4.78 is 5.52. The average molecular weight is 450 g/mol. The van der Waals surface area contributed by atoms with Crippen molar-refractivity contribution in [1.29, 1.82) is 5.41 Å². The maximum Gasteiger partial charge on any atom is 0.225 e. The molecule has 176 valence electrons. The third kappa shape index (κ3) is 6.89. The molecule has 1 fully saturated rings. The van der Waals surface area contributed by atoms with Gasteiger partial charge in [0, 0.05) is 44.7 Å². The van der Waals surface area contributed by atoms with E-state index in [1.807, 2.05) is 55.3 Å². The van der Waals surface area contributed by atoms with Crippen molar-refractivity contribution in [3.05, 3.63) is 65.7 Å². The van der Waals surface area contributed by atoms with Crippen molar-refractivity contribution in [2.45, 2.75) is 51.7 Å². The zero-order valence-electron chi connectivity index (χ0n) is 19.8. The minimum Gasteiger partial charge on any atom is -0.375 e. The Morgan fingerprint density at radius 2 is 1.91 bits per heavy atom. The van der Waals surface area contributed by atoms with Crippen LogP contribution < -0.4 is 10.6 Å². The van der Waals surface area contributed by atoms with Crippen molar-refractivity contribution in [3.8, 4) is 0 Å². The molecule has 0 unspecified atom stereocenters. The molecule has 1 aromatic heterocycles. The van der Waals surface area contributed by atoms with Crippen LogP contribution >= 0.6 is 0 Å². The lowest BCUT2D eigenvalue weighted by molar-refractivity contribution is -0.135. The molecule has 1 heterocycles. The fourth-order valence-corrected chi connectivity index (χ4v) is 4.14. The summed E-state index contributed by atoms with van der Waals surface area (Å²) in [6.07, 6.45) is 10.1. The molecule has 7 nitrogen and oxygen atoms in total. The molecule has 0 radical (unpaired) electrons. The molecular formula is C26H35N5O2. The van der Waals surface area contributed by atoms with Crippen molar-refractivity contribution in [2.24, 2.45) is 5.92 Å². The maximum atomic E-state index is 12.7. The monoisotopic (exact) mass is 449 g/mol. The number of benzene rings is 1. The van der Waals surface area contributed by atoms with Crippen LogP contribution in [0, 0.1) is 11.3 Å². The molecule has 1 aliphatic rings. The van der Waals surface area contributed by atoms with Gasteiger partial charge in [0.05, 0.1) is 29.4 Å². The summed E-state index contributed by atoms with van der Waals surface area (Å²) >= 11 is 0. The van der Waals surface area contributed by atoms with Gasteiger partial charge >= 0.3 is 0 Å². The molecule has 0 bridgehead atoms. The lowest BCUT2D eigenvalue weighted by Gasteiger charge is -2.26. The second kappa shape index (κ2) is 12.2. The molecule has 7 heteroatoms. The van der Waals surface area contributed by atoms with Crippen molar-refractivity contribution < 1.29 is 9.53 Å². The van der Waals surface area contributed by atoms with Crippen LogP contribution in [-0.4, -0.2) is 42.3 Å². The molecule has 3 N–H and O–H groups in total. The number of rotatable bonds is 10. The van der Waals surface area contributed by atoms with E-state index < -0.39 is 0 Å². The van der Waals surface area contributed by atoms with Crippen LogP contribution in [0.1, 0.15) is 44.6 Å². The lowest BCUT2D eigenvalue weighted by atomic mass is 9.88. The number of hydrogen-bond acceptors (Lipinski definition) is 6. The van der Waals surface area contributed by atoms with E-state index in [0.29, 0.717) is 12.2 Å². The number of amides is 1. The van der Waals surface area contributed by atoms with E-state index in [9.17, 15) is 4.79 Å². The first-order valence-electron chi connectivity index (χ1n) is 11.6. The number of aromatic nitrogens is 1. The zero-order chi connectivity index (χ0) is 23.6. The fraction of sp³-hybridized carbons (Fsp3) is 0.423. The molecule has 1 amide bonds. The summed E-state index contributed by atoms with van der Waals surface area (Å²) in [4.78, 5) is 18.7. The predicted octanol–water partition coefficient (Wildman–Crippen LogP) is 5.04. The highest BCUT2D eigenvalue weighted by atomic mass is 16.5. The van der Waals surface area contributed by atoms with Gasteiger partial charge in [-0.3, -0.25) is 9.78 Å². The van der Waals surface area contributed by atoms with Crippen molar-refractivity contribution in [2.75, 3.05) is 24.8 Å². The third-order valence-electron chi connectivity index (χ3n) is 6.12. The van der Waals surface area contributed by atoms with Crippen LogP contribution in [-0.2, 0) is 16.1 Å². The van der Waals surface area contributed by atoms with Gasteiger partial charge in [0.15, 0.2) is 0 Å². The molecule has 0 saturated heterocycles. The predicted molar refractivity (Wildman–Crippen MR) is 133 cm³/mol. The summed E-state index contributed by atoms with van der Waals surface area (Å²) in [5.41, 5.74) is 4.09. The Balaban J connectivity index is 1.69. The van der Waals surface area contributed by atoms with Gasteiger partial charge in [-0.15, -0.1) is 0 Å². The van der Waals surface area contributed by atoms with Gasteiger partial charge < -0.3 is 25.7 Å². The van der Waals surface area contributed by atoms with Gasteiger partial charge in [-0.2, -0.15) is 0 Å². The van der Waals surface area contributed by atoms with Crippen LogP contribution in [0.5, 0.6) is 0 Å². The number of allylic oxidation sites excluding steroid dienone is 1. The van der Waals surface area contributed by atoms with Crippen LogP contribution in [0.25, 0.3) is 0 Å². The summed E-state index contributed by atoms with van der Waals surface area (Å²) in [6.45, 7) is 2.52. The molecule has 1 aliphatic carbocycles. The molecule has 2 aromatic rings. The van der Waals surface area contributed by atoms with E-state index in [2.05, 4.69) is 15.6 Å². The number of carbonyl (C=O) groups is 1. The minimum atomic E-state index is -0.256. The largest absolute Gasteiger partial charge is 0.375 e. The van der Waals surface area contributed by atoms with E-state index in [-0.39, 0.29) is 17.9 Å². The normalized spacial score (nSPS) is 15.8. The van der Waals surface area contributed by atoms with Gasteiger partial charge in [-0.25, -0.2) is 0 Å². The number of pyridine rings is 1. The number of nitrogens with one attached hydrogen (secondary N) is 3. The Bertz CT molecular complexity index is 937. The van der Waals surface area contributed by atoms with Gasteiger partial charge in [0.25, 0.3) is 0 Å². The second-order valence-electron chi connectivity index (χ2n) is 8.57. The van der Waals surface area contributed by atoms with E-state index in [4.69, 9.17) is 10.1 Å². The number of methoxy groups -OCH3 is 1. The van der Waals surface area contributed by atoms with Gasteiger partial charge in [0.1, 0.15) is 0 Å². The molecule has 0 spiro atoms.